The molecule has 0 aliphatic heterocycles. The molecule has 1 unspecified atom stereocenters. The van der Waals surface area contributed by atoms with Gasteiger partial charge >= 0.3 is 0 Å². The molecule has 0 aromatic heterocycles. The van der Waals surface area contributed by atoms with Crippen LogP contribution in [0, 0.1) is 5.92 Å². The summed E-state index contributed by atoms with van der Waals surface area (Å²) >= 11 is 0. The van der Waals surface area contributed by atoms with E-state index in [1.165, 1.54) is 0 Å². The van der Waals surface area contributed by atoms with Gasteiger partial charge in [0.05, 0.1) is 13.2 Å². The fourth-order valence-electron chi connectivity index (χ4n) is 3.88. The maximum absolute atomic E-state index is 12.3. The molecule has 8 nitrogen and oxygen atoms in total. The molecule has 2 N–H and O–H groups in total. The van der Waals surface area contributed by atoms with Crippen LogP contribution in [0.2, 0.25) is 0 Å². The van der Waals surface area contributed by atoms with Crippen molar-refractivity contribution in [1.82, 2.24) is 5.32 Å². The molecule has 0 bridgehead atoms. The van der Waals surface area contributed by atoms with Crippen LogP contribution in [0.25, 0.3) is 11.1 Å². The normalized spacial score (nSPS) is 11.6. The second kappa shape index (κ2) is 17.4. The van der Waals surface area contributed by atoms with Gasteiger partial charge < -0.3 is 24.8 Å². The van der Waals surface area contributed by atoms with E-state index in [0.29, 0.717) is 63.0 Å². The van der Waals surface area contributed by atoms with Crippen molar-refractivity contribution in [3.63, 3.8) is 0 Å². The highest BCUT2D eigenvalue weighted by Crippen LogP contribution is 2.25. The Bertz CT molecular complexity index is 977. The molecule has 0 saturated heterocycles. The van der Waals surface area contributed by atoms with E-state index in [1.54, 1.807) is 21.1 Å². The number of rotatable bonds is 18. The lowest BCUT2D eigenvalue weighted by Gasteiger charge is -2.15. The molecule has 0 aliphatic rings. The molecular weight excluding hydrogens is 472 g/mol. The minimum Gasteiger partial charge on any atom is -0.385 e. The molecule has 2 aromatic carbocycles. The lowest BCUT2D eigenvalue weighted by atomic mass is 9.97. The van der Waals surface area contributed by atoms with E-state index in [9.17, 15) is 14.4 Å². The smallest absolute Gasteiger partial charge is 0.224 e. The Balaban J connectivity index is 1.61. The number of ether oxygens (including phenoxy) is 3. The number of Topliss-reactive ketones (excluding diaryl/α,β-unsaturated/α-hetero) is 1. The van der Waals surface area contributed by atoms with Crippen molar-refractivity contribution in [2.24, 2.45) is 5.92 Å². The third-order valence-electron chi connectivity index (χ3n) is 5.87. The maximum atomic E-state index is 12.3. The second-order valence-corrected chi connectivity index (χ2v) is 8.96. The van der Waals surface area contributed by atoms with Crippen LogP contribution < -0.4 is 10.6 Å². The number of ketones is 1. The van der Waals surface area contributed by atoms with E-state index < -0.39 is 0 Å². The fraction of sp³-hybridized carbons (Fsp3) is 0.483. The van der Waals surface area contributed by atoms with Crippen LogP contribution in [0.1, 0.15) is 49.4 Å². The number of methoxy groups -OCH3 is 2. The standard InChI is InChI=1S/C29H40N2O6/c1-22(32)26-8-4-5-9-27(26)24-12-14-25(15-13-24)31-29(34)11-6-10-28(33)30-17-7-18-37-21-23(20-36-3)16-19-35-2/h4-5,8-9,12-15,23H,6-7,10-11,16-21H2,1-3H3,(H,30,33)(H,31,34). The van der Waals surface area contributed by atoms with E-state index in [-0.39, 0.29) is 24.0 Å². The predicted octanol–water partition coefficient (Wildman–Crippen LogP) is 4.49. The molecule has 1 atom stereocenters. The van der Waals surface area contributed by atoms with Gasteiger partial charge in [-0.05, 0) is 49.4 Å². The molecular formula is C29H40N2O6. The Hall–Kier alpha value is -3.07. The van der Waals surface area contributed by atoms with Gasteiger partial charge in [-0.15, -0.1) is 0 Å². The van der Waals surface area contributed by atoms with Gasteiger partial charge in [0.1, 0.15) is 0 Å². The second-order valence-electron chi connectivity index (χ2n) is 8.96. The van der Waals surface area contributed by atoms with E-state index >= 15 is 0 Å². The highest BCUT2D eigenvalue weighted by atomic mass is 16.5. The molecule has 202 valence electrons. The molecule has 0 aliphatic carbocycles. The average molecular weight is 513 g/mol. The third-order valence-corrected chi connectivity index (χ3v) is 5.87. The van der Waals surface area contributed by atoms with E-state index in [4.69, 9.17) is 14.2 Å². The summed E-state index contributed by atoms with van der Waals surface area (Å²) in [4.78, 5) is 36.2. The van der Waals surface area contributed by atoms with Gasteiger partial charge in [0.2, 0.25) is 11.8 Å². The van der Waals surface area contributed by atoms with Gasteiger partial charge in [-0.25, -0.2) is 0 Å². The third kappa shape index (κ3) is 11.7. The first-order chi connectivity index (χ1) is 17.9. The first kappa shape index (κ1) is 30.2. The van der Waals surface area contributed by atoms with Gasteiger partial charge in [0, 0.05) is 64.0 Å². The van der Waals surface area contributed by atoms with Crippen LogP contribution in [-0.4, -0.2) is 64.8 Å². The van der Waals surface area contributed by atoms with E-state index in [2.05, 4.69) is 10.6 Å². The quantitative estimate of drug-likeness (QED) is 0.225. The van der Waals surface area contributed by atoms with Crippen LogP contribution in [0.3, 0.4) is 0 Å². The molecule has 2 aromatic rings. The van der Waals surface area contributed by atoms with Gasteiger partial charge in [-0.3, -0.25) is 14.4 Å². The zero-order valence-electron chi connectivity index (χ0n) is 22.2. The molecule has 2 amide bonds. The van der Waals surface area contributed by atoms with Crippen molar-refractivity contribution >= 4 is 23.3 Å². The molecule has 0 heterocycles. The summed E-state index contributed by atoms with van der Waals surface area (Å²) < 4.78 is 16.0. The van der Waals surface area contributed by atoms with Crippen LogP contribution in [0.5, 0.6) is 0 Å². The van der Waals surface area contributed by atoms with Crippen molar-refractivity contribution in [3.8, 4) is 11.1 Å². The zero-order valence-corrected chi connectivity index (χ0v) is 22.2. The monoisotopic (exact) mass is 512 g/mol. The highest BCUT2D eigenvalue weighted by Gasteiger charge is 2.10. The summed E-state index contributed by atoms with van der Waals surface area (Å²) in [5.74, 6) is 0.0954. The number of carbonyl (C=O) groups is 3. The number of anilines is 1. The number of amides is 2. The van der Waals surface area contributed by atoms with Gasteiger partial charge in [-0.2, -0.15) is 0 Å². The topological polar surface area (TPSA) is 103 Å². The van der Waals surface area contributed by atoms with Crippen LogP contribution >= 0.6 is 0 Å². The number of nitrogens with one attached hydrogen (secondary N) is 2. The Labute approximate surface area is 220 Å². The van der Waals surface area contributed by atoms with Gasteiger partial charge in [0.25, 0.3) is 0 Å². The maximum Gasteiger partial charge on any atom is 0.224 e. The summed E-state index contributed by atoms with van der Waals surface area (Å²) in [6.45, 7) is 4.57. The van der Waals surface area contributed by atoms with Crippen molar-refractivity contribution in [2.75, 3.05) is 52.5 Å². The summed E-state index contributed by atoms with van der Waals surface area (Å²) in [6.07, 6.45) is 2.63. The largest absolute Gasteiger partial charge is 0.385 e. The number of carbonyl (C=O) groups excluding carboxylic acids is 3. The minimum absolute atomic E-state index is 0.00941. The van der Waals surface area contributed by atoms with Crippen molar-refractivity contribution in [2.45, 2.75) is 39.0 Å². The van der Waals surface area contributed by atoms with E-state index in [1.807, 2.05) is 48.5 Å². The van der Waals surface area contributed by atoms with Gasteiger partial charge in [-0.1, -0.05) is 36.4 Å². The Morgan fingerprint density at radius 1 is 0.838 bits per heavy atom. The van der Waals surface area contributed by atoms with Crippen molar-refractivity contribution < 1.29 is 28.6 Å². The highest BCUT2D eigenvalue weighted by molar-refractivity contribution is 6.01. The Morgan fingerprint density at radius 2 is 1.57 bits per heavy atom. The molecule has 0 radical (unpaired) electrons. The summed E-state index contributed by atoms with van der Waals surface area (Å²) in [5.41, 5.74) is 3.11. The average Bonchev–Trinajstić information content (AvgIpc) is 2.89. The minimum atomic E-state index is -0.142. The van der Waals surface area contributed by atoms with Crippen LogP contribution in [0.15, 0.2) is 48.5 Å². The number of hydrogen-bond donors (Lipinski definition) is 2. The van der Waals surface area contributed by atoms with Gasteiger partial charge in [0.15, 0.2) is 5.78 Å². The summed E-state index contributed by atoms with van der Waals surface area (Å²) in [5, 5.41) is 5.73. The van der Waals surface area contributed by atoms with E-state index in [0.717, 1.165) is 24.0 Å². The zero-order chi connectivity index (χ0) is 26.9. The molecule has 37 heavy (non-hydrogen) atoms. The predicted molar refractivity (Wildman–Crippen MR) is 145 cm³/mol. The lowest BCUT2D eigenvalue weighted by molar-refractivity contribution is -0.121. The molecule has 8 heteroatoms. The first-order valence-corrected chi connectivity index (χ1v) is 12.8. The van der Waals surface area contributed by atoms with Crippen molar-refractivity contribution in [1.29, 1.82) is 0 Å². The molecule has 0 spiro atoms. The lowest BCUT2D eigenvalue weighted by Crippen LogP contribution is -2.26. The van der Waals surface area contributed by atoms with Crippen molar-refractivity contribution in [3.05, 3.63) is 54.1 Å². The van der Waals surface area contributed by atoms with Crippen LogP contribution in [-0.2, 0) is 23.8 Å². The Kier molecular flexibility index (Phi) is 14.2. The first-order valence-electron chi connectivity index (χ1n) is 12.8. The fourth-order valence-corrected chi connectivity index (χ4v) is 3.88. The number of benzene rings is 2. The summed E-state index contributed by atoms with van der Waals surface area (Å²) in [7, 11) is 3.35. The molecule has 2 rings (SSSR count). The molecule has 0 fully saturated rings. The molecule has 0 saturated carbocycles. The summed E-state index contributed by atoms with van der Waals surface area (Å²) in [6, 6.07) is 14.8. The SMILES string of the molecule is COCCC(COC)COCCCNC(=O)CCCC(=O)Nc1ccc(-c2ccccc2C(C)=O)cc1. The number of hydrogen-bond acceptors (Lipinski definition) is 6. The Morgan fingerprint density at radius 3 is 2.27 bits per heavy atom. The van der Waals surface area contributed by atoms with Crippen LogP contribution in [0.4, 0.5) is 5.69 Å².